The smallest absolute Gasteiger partial charge is 0.225 e. The topological polar surface area (TPSA) is 57.2 Å². The molecule has 2 saturated heterocycles. The van der Waals surface area contributed by atoms with Crippen LogP contribution in [0.4, 0.5) is 16.0 Å². The molecule has 1 N–H and O–H groups in total. The van der Waals surface area contributed by atoms with Crippen LogP contribution in [-0.2, 0) is 5.67 Å². The van der Waals surface area contributed by atoms with Crippen LogP contribution in [0.1, 0.15) is 47.2 Å². The van der Waals surface area contributed by atoms with Crippen molar-refractivity contribution < 1.29 is 4.39 Å². The van der Waals surface area contributed by atoms with Gasteiger partial charge in [0, 0.05) is 85.8 Å². The van der Waals surface area contributed by atoms with Crippen molar-refractivity contribution in [1.82, 2.24) is 19.9 Å². The molecular weight excluding hydrogens is 463 g/mol. The van der Waals surface area contributed by atoms with Crippen molar-refractivity contribution >= 4 is 23.0 Å². The summed E-state index contributed by atoms with van der Waals surface area (Å²) in [7, 11) is 0. The van der Waals surface area contributed by atoms with Gasteiger partial charge in [-0.05, 0) is 42.7 Å². The van der Waals surface area contributed by atoms with Crippen LogP contribution < -0.4 is 10.2 Å². The van der Waals surface area contributed by atoms with Crippen molar-refractivity contribution in [2.24, 2.45) is 0 Å². The second-order valence-electron chi connectivity index (χ2n) is 9.72. The van der Waals surface area contributed by atoms with E-state index >= 15 is 4.39 Å². The fourth-order valence-corrected chi connectivity index (χ4v) is 4.64. The first-order valence-electron chi connectivity index (χ1n) is 12.6. The largest absolute Gasteiger partial charge is 0.371 e. The molecule has 7 heteroatoms. The average Bonchev–Trinajstić information content (AvgIpc) is 2.89. The Morgan fingerprint density at radius 3 is 2.32 bits per heavy atom. The number of benzene rings is 1. The Bertz CT molecular complexity index is 1340. The molecule has 4 heterocycles. The molecule has 0 bridgehead atoms. The number of pyridine rings is 1. The van der Waals surface area contributed by atoms with Crippen LogP contribution in [0.25, 0.3) is 11.4 Å². The van der Waals surface area contributed by atoms with Crippen molar-refractivity contribution in [3.8, 4) is 12.3 Å². The summed E-state index contributed by atoms with van der Waals surface area (Å²) in [6.45, 7) is 13.7. The number of likely N-dealkylation sites (tertiary alicyclic amines) is 1. The normalized spacial score (nSPS) is 16.5. The van der Waals surface area contributed by atoms with Crippen molar-refractivity contribution in [3.63, 3.8) is 0 Å². The molecule has 1 aromatic carbocycles. The number of aryl methyl sites for hydroxylation is 1. The van der Waals surface area contributed by atoms with Crippen LogP contribution in [-0.4, -0.2) is 46.0 Å². The van der Waals surface area contributed by atoms with Gasteiger partial charge >= 0.3 is 0 Å². The highest BCUT2D eigenvalue weighted by Gasteiger charge is 2.38. The summed E-state index contributed by atoms with van der Waals surface area (Å²) in [6.07, 6.45) is 12.4. The molecule has 0 spiro atoms. The maximum absolute atomic E-state index is 15.7. The van der Waals surface area contributed by atoms with Gasteiger partial charge in [-0.3, -0.25) is 4.98 Å². The van der Waals surface area contributed by atoms with Gasteiger partial charge in [0.15, 0.2) is 5.67 Å². The Morgan fingerprint density at radius 2 is 1.73 bits per heavy atom. The highest BCUT2D eigenvalue weighted by Crippen LogP contribution is 2.38. The molecule has 37 heavy (non-hydrogen) atoms. The number of aromatic nitrogens is 3. The minimum atomic E-state index is -1.46. The van der Waals surface area contributed by atoms with Gasteiger partial charge in [-0.25, -0.2) is 14.4 Å². The maximum atomic E-state index is 15.7. The Balaban J connectivity index is 1.24. The fourth-order valence-electron chi connectivity index (χ4n) is 4.64. The third kappa shape index (κ3) is 5.05. The van der Waals surface area contributed by atoms with E-state index in [-0.39, 0.29) is 0 Å². The number of rotatable bonds is 7. The van der Waals surface area contributed by atoms with Crippen LogP contribution in [0.5, 0.6) is 0 Å². The molecule has 2 aliphatic heterocycles. The lowest BCUT2D eigenvalue weighted by Crippen LogP contribution is -2.39. The molecule has 0 atom stereocenters. The summed E-state index contributed by atoms with van der Waals surface area (Å²) < 4.78 is 15.7. The van der Waals surface area contributed by atoms with Crippen LogP contribution in [0.15, 0.2) is 62.1 Å². The Hall–Kier alpha value is -4.18. The van der Waals surface area contributed by atoms with E-state index in [4.69, 9.17) is 6.42 Å². The van der Waals surface area contributed by atoms with E-state index in [0.717, 1.165) is 52.8 Å². The fraction of sp³-hybridized carbons (Fsp3) is 0.300. The number of halogens is 1. The molecule has 0 unspecified atom stereocenters. The lowest BCUT2D eigenvalue weighted by molar-refractivity contribution is 0.0750. The molecule has 0 radical (unpaired) electrons. The zero-order valence-corrected chi connectivity index (χ0v) is 21.2. The van der Waals surface area contributed by atoms with Gasteiger partial charge in [0.2, 0.25) is 5.95 Å². The third-order valence-corrected chi connectivity index (χ3v) is 7.31. The predicted molar refractivity (Wildman–Crippen MR) is 147 cm³/mol. The highest BCUT2D eigenvalue weighted by molar-refractivity contribution is 5.78. The Kier molecular flexibility index (Phi) is 6.66. The lowest BCUT2D eigenvalue weighted by Gasteiger charge is -2.38. The first-order chi connectivity index (χ1) is 17.9. The minimum Gasteiger partial charge on any atom is -0.371 e. The zero-order valence-electron chi connectivity index (χ0n) is 21.2. The Labute approximate surface area is 218 Å². The minimum absolute atomic E-state index is 0.343. The lowest BCUT2D eigenvalue weighted by atomic mass is 9.89. The number of nitrogens with one attached hydrogen (secondary N) is 1. The van der Waals surface area contributed by atoms with Gasteiger partial charge in [0.05, 0.1) is 5.69 Å². The summed E-state index contributed by atoms with van der Waals surface area (Å²) >= 11 is 0. The number of terminal acetylenes is 1. The van der Waals surface area contributed by atoms with Gasteiger partial charge in [0.1, 0.15) is 0 Å². The van der Waals surface area contributed by atoms with Crippen LogP contribution in [0, 0.1) is 19.3 Å². The quantitative estimate of drug-likeness (QED) is 0.445. The standard InChI is InChI=1S/C30H31FN6/c1-5-24-8-10-28(32-18-24)30(31)11-15-36(16-12-30)23(4)25-9-7-21(2)27(17-25)35-22(3)26-19-33-29(34-20-26)37-13-6-14-37/h1,7-10,17-20,35H,3-4,6,11-16H2,2H3. The molecule has 0 aliphatic carbocycles. The van der Waals surface area contributed by atoms with Crippen LogP contribution in [0.2, 0.25) is 0 Å². The van der Waals surface area contributed by atoms with E-state index in [0.29, 0.717) is 37.2 Å². The first kappa shape index (κ1) is 24.5. The molecule has 5 rings (SSSR count). The number of alkyl halides is 1. The van der Waals surface area contributed by atoms with E-state index in [1.807, 2.05) is 13.0 Å². The first-order valence-corrected chi connectivity index (χ1v) is 12.6. The van der Waals surface area contributed by atoms with Gasteiger partial charge in [0.25, 0.3) is 0 Å². The van der Waals surface area contributed by atoms with Gasteiger partial charge < -0.3 is 15.1 Å². The van der Waals surface area contributed by atoms with Crippen LogP contribution >= 0.6 is 0 Å². The number of anilines is 2. The molecule has 0 saturated carbocycles. The van der Waals surface area contributed by atoms with Gasteiger partial charge in [-0.2, -0.15) is 0 Å². The zero-order chi connectivity index (χ0) is 26.0. The van der Waals surface area contributed by atoms with Crippen molar-refractivity contribution in [2.45, 2.75) is 31.9 Å². The number of hydrogen-bond donors (Lipinski definition) is 1. The molecule has 188 valence electrons. The summed E-state index contributed by atoms with van der Waals surface area (Å²) in [6, 6.07) is 9.62. The summed E-state index contributed by atoms with van der Waals surface area (Å²) in [5.74, 6) is 3.29. The molecule has 2 aromatic heterocycles. The maximum Gasteiger partial charge on any atom is 0.225 e. The summed E-state index contributed by atoms with van der Waals surface area (Å²) in [4.78, 5) is 17.5. The van der Waals surface area contributed by atoms with E-state index in [1.165, 1.54) is 6.42 Å². The molecule has 3 aromatic rings. The Morgan fingerprint density at radius 1 is 1.00 bits per heavy atom. The van der Waals surface area contributed by atoms with E-state index in [1.54, 1.807) is 30.7 Å². The summed E-state index contributed by atoms with van der Waals surface area (Å²) in [5, 5.41) is 3.42. The van der Waals surface area contributed by atoms with Crippen molar-refractivity contribution in [2.75, 3.05) is 36.4 Å². The van der Waals surface area contributed by atoms with Gasteiger partial charge in [-0.1, -0.05) is 31.2 Å². The number of piperidine rings is 1. The highest BCUT2D eigenvalue weighted by atomic mass is 19.1. The monoisotopic (exact) mass is 494 g/mol. The van der Waals surface area contributed by atoms with Gasteiger partial charge in [-0.15, -0.1) is 6.42 Å². The third-order valence-electron chi connectivity index (χ3n) is 7.31. The molecule has 2 aliphatic rings. The molecule has 6 nitrogen and oxygen atoms in total. The number of nitrogens with zero attached hydrogens (tertiary/aromatic N) is 5. The van der Waals surface area contributed by atoms with E-state index in [2.05, 4.69) is 61.3 Å². The summed E-state index contributed by atoms with van der Waals surface area (Å²) in [5.41, 5.74) is 5.07. The van der Waals surface area contributed by atoms with Crippen LogP contribution in [0.3, 0.4) is 0 Å². The molecule has 0 amide bonds. The number of hydrogen-bond acceptors (Lipinski definition) is 6. The van der Waals surface area contributed by atoms with Crippen molar-refractivity contribution in [3.05, 3.63) is 90.0 Å². The molecular formula is C30H31FN6. The molecule has 2 fully saturated rings. The second-order valence-corrected chi connectivity index (χ2v) is 9.72. The van der Waals surface area contributed by atoms with E-state index in [9.17, 15) is 0 Å². The second kappa shape index (κ2) is 10.1. The predicted octanol–water partition coefficient (Wildman–Crippen LogP) is 5.39. The van der Waals surface area contributed by atoms with Crippen molar-refractivity contribution in [1.29, 1.82) is 0 Å². The SMILES string of the molecule is C#Cc1ccc(C2(F)CCN(C(=C)c3ccc(C)c(NC(=C)c4cnc(N5CCC5)nc4)c3)CC2)nc1. The van der Waals surface area contributed by atoms with E-state index < -0.39 is 5.67 Å². The average molecular weight is 495 g/mol.